The average Bonchev–Trinajstić information content (AvgIpc) is 3.00. The van der Waals surface area contributed by atoms with E-state index in [0.717, 1.165) is 21.3 Å². The van der Waals surface area contributed by atoms with E-state index in [0.29, 0.717) is 11.6 Å². The van der Waals surface area contributed by atoms with E-state index in [2.05, 4.69) is 10.3 Å². The molecule has 1 heterocycles. The van der Waals surface area contributed by atoms with Crippen LogP contribution in [0.3, 0.4) is 0 Å². The first-order valence-electron chi connectivity index (χ1n) is 7.97. The van der Waals surface area contributed by atoms with Crippen LogP contribution in [-0.4, -0.2) is 23.5 Å². The Labute approximate surface area is 149 Å². The van der Waals surface area contributed by atoms with Gasteiger partial charge in [-0.15, -0.1) is 0 Å². The van der Waals surface area contributed by atoms with Crippen molar-refractivity contribution in [1.29, 1.82) is 0 Å². The van der Waals surface area contributed by atoms with Gasteiger partial charge in [-0.3, -0.25) is 14.9 Å². The molecule has 0 saturated carbocycles. The Hall–Kier alpha value is -2.73. The van der Waals surface area contributed by atoms with Gasteiger partial charge in [0.2, 0.25) is 0 Å². The van der Waals surface area contributed by atoms with Gasteiger partial charge in [-0.05, 0) is 36.6 Å². The van der Waals surface area contributed by atoms with Crippen LogP contribution in [0.15, 0.2) is 48.5 Å². The molecule has 0 fully saturated rings. The monoisotopic (exact) mass is 354 g/mol. The molecule has 0 spiro atoms. The van der Waals surface area contributed by atoms with Crippen molar-refractivity contribution in [2.75, 3.05) is 11.9 Å². The van der Waals surface area contributed by atoms with Crippen molar-refractivity contribution < 1.29 is 14.3 Å². The Kier molecular flexibility index (Phi) is 5.40. The molecule has 5 nitrogen and oxygen atoms in total. The van der Waals surface area contributed by atoms with Crippen LogP contribution >= 0.6 is 11.3 Å². The highest BCUT2D eigenvalue weighted by Gasteiger charge is 2.11. The molecule has 0 unspecified atom stereocenters. The number of thiazole rings is 1. The predicted molar refractivity (Wildman–Crippen MR) is 98.7 cm³/mol. The molecule has 1 amide bonds. The van der Waals surface area contributed by atoms with Gasteiger partial charge in [0.15, 0.2) is 11.7 Å². The number of anilines is 1. The van der Waals surface area contributed by atoms with E-state index < -0.39 is 0 Å². The van der Waals surface area contributed by atoms with Crippen LogP contribution in [0.1, 0.15) is 17.5 Å². The van der Waals surface area contributed by atoms with Gasteiger partial charge >= 0.3 is 5.97 Å². The summed E-state index contributed by atoms with van der Waals surface area (Å²) < 4.78 is 6.03. The van der Waals surface area contributed by atoms with Crippen LogP contribution in [-0.2, 0) is 20.7 Å². The highest BCUT2D eigenvalue weighted by molar-refractivity contribution is 7.22. The second kappa shape index (κ2) is 7.90. The third kappa shape index (κ3) is 4.87. The minimum atomic E-state index is -0.390. The number of carbonyl (C=O) groups is 2. The number of rotatable bonds is 6. The van der Waals surface area contributed by atoms with E-state index in [1.54, 1.807) is 0 Å². The Bertz CT molecular complexity index is 890. The minimum Gasteiger partial charge on any atom is -0.456 e. The highest BCUT2D eigenvalue weighted by atomic mass is 32.1. The van der Waals surface area contributed by atoms with Crippen LogP contribution < -0.4 is 5.32 Å². The molecule has 3 rings (SSSR count). The van der Waals surface area contributed by atoms with Gasteiger partial charge in [-0.1, -0.05) is 47.7 Å². The maximum Gasteiger partial charge on any atom is 0.306 e. The number of aryl methyl sites for hydroxylation is 2. The SMILES string of the molecule is Cc1ccc2nc(NC(=O)COC(=O)CCc3ccccc3)sc2c1. The summed E-state index contributed by atoms with van der Waals surface area (Å²) in [7, 11) is 0. The van der Waals surface area contributed by atoms with Crippen molar-refractivity contribution >= 4 is 38.6 Å². The molecule has 25 heavy (non-hydrogen) atoms. The van der Waals surface area contributed by atoms with Gasteiger partial charge < -0.3 is 4.74 Å². The van der Waals surface area contributed by atoms with Crippen LogP contribution in [0.4, 0.5) is 5.13 Å². The zero-order chi connectivity index (χ0) is 17.6. The van der Waals surface area contributed by atoms with Crippen molar-refractivity contribution in [2.45, 2.75) is 19.8 Å². The highest BCUT2D eigenvalue weighted by Crippen LogP contribution is 2.26. The summed E-state index contributed by atoms with van der Waals surface area (Å²) in [4.78, 5) is 28.0. The molecular weight excluding hydrogens is 336 g/mol. The molecule has 2 aromatic carbocycles. The topological polar surface area (TPSA) is 68.3 Å². The zero-order valence-corrected chi connectivity index (χ0v) is 14.6. The predicted octanol–water partition coefficient (Wildman–Crippen LogP) is 3.72. The lowest BCUT2D eigenvalue weighted by atomic mass is 10.1. The maximum atomic E-state index is 11.9. The first-order chi connectivity index (χ1) is 12.1. The summed E-state index contributed by atoms with van der Waals surface area (Å²) in [6.07, 6.45) is 0.843. The molecule has 1 aromatic heterocycles. The minimum absolute atomic E-state index is 0.248. The fourth-order valence-electron chi connectivity index (χ4n) is 2.35. The number of nitrogens with one attached hydrogen (secondary N) is 1. The van der Waals surface area contributed by atoms with E-state index in [1.165, 1.54) is 11.3 Å². The van der Waals surface area contributed by atoms with E-state index in [4.69, 9.17) is 4.74 Å². The molecule has 0 aliphatic carbocycles. The molecule has 128 valence electrons. The quantitative estimate of drug-likeness (QED) is 0.685. The van der Waals surface area contributed by atoms with Crippen molar-refractivity contribution in [2.24, 2.45) is 0 Å². The standard InChI is InChI=1S/C19H18N2O3S/c1-13-7-9-15-16(11-13)25-19(20-15)21-17(22)12-24-18(23)10-8-14-5-3-2-4-6-14/h2-7,9,11H,8,10,12H2,1H3,(H,20,21,22). The Morgan fingerprint density at radius 2 is 1.96 bits per heavy atom. The fourth-order valence-corrected chi connectivity index (χ4v) is 3.33. The zero-order valence-electron chi connectivity index (χ0n) is 13.8. The molecule has 0 aliphatic heterocycles. The number of carbonyl (C=O) groups excluding carboxylic acids is 2. The lowest BCUT2D eigenvalue weighted by Gasteiger charge is -2.04. The van der Waals surface area contributed by atoms with Crippen LogP contribution in [0.2, 0.25) is 0 Å². The number of hydrogen-bond donors (Lipinski definition) is 1. The number of amides is 1. The van der Waals surface area contributed by atoms with Gasteiger partial charge in [0.1, 0.15) is 0 Å². The third-order valence-corrected chi connectivity index (χ3v) is 4.55. The van der Waals surface area contributed by atoms with Crippen molar-refractivity contribution in [3.8, 4) is 0 Å². The number of ether oxygens (including phenoxy) is 1. The average molecular weight is 354 g/mol. The Balaban J connectivity index is 1.46. The summed E-state index contributed by atoms with van der Waals surface area (Å²) >= 11 is 1.40. The van der Waals surface area contributed by atoms with Gasteiger partial charge in [0.05, 0.1) is 10.2 Å². The van der Waals surface area contributed by atoms with Crippen molar-refractivity contribution in [3.05, 3.63) is 59.7 Å². The second-order valence-electron chi connectivity index (χ2n) is 5.68. The normalized spacial score (nSPS) is 10.6. The van der Waals surface area contributed by atoms with E-state index >= 15 is 0 Å². The first-order valence-corrected chi connectivity index (χ1v) is 8.78. The van der Waals surface area contributed by atoms with Gasteiger partial charge in [-0.2, -0.15) is 0 Å². The summed E-state index contributed by atoms with van der Waals surface area (Å²) in [5.41, 5.74) is 3.04. The molecule has 0 saturated heterocycles. The number of esters is 1. The molecule has 3 aromatic rings. The van der Waals surface area contributed by atoms with E-state index in [9.17, 15) is 9.59 Å². The van der Waals surface area contributed by atoms with Crippen LogP contribution in [0.5, 0.6) is 0 Å². The summed E-state index contributed by atoms with van der Waals surface area (Å²) in [5, 5.41) is 3.18. The second-order valence-corrected chi connectivity index (χ2v) is 6.72. The smallest absolute Gasteiger partial charge is 0.306 e. The molecule has 0 radical (unpaired) electrons. The Morgan fingerprint density at radius 3 is 2.76 bits per heavy atom. The first kappa shape index (κ1) is 17.1. The van der Waals surface area contributed by atoms with Crippen LogP contribution in [0, 0.1) is 6.92 Å². The number of hydrogen-bond acceptors (Lipinski definition) is 5. The molecular formula is C19H18N2O3S. The number of fused-ring (bicyclic) bond motifs is 1. The molecule has 6 heteroatoms. The van der Waals surface area contributed by atoms with E-state index in [1.807, 2.05) is 55.5 Å². The summed E-state index contributed by atoms with van der Waals surface area (Å²) in [6.45, 7) is 1.70. The fraction of sp³-hybridized carbons (Fsp3) is 0.211. The largest absolute Gasteiger partial charge is 0.456 e. The maximum absolute atomic E-state index is 11.9. The lowest BCUT2D eigenvalue weighted by molar-refractivity contribution is -0.147. The number of nitrogens with zero attached hydrogens (tertiary/aromatic N) is 1. The summed E-state index contributed by atoms with van der Waals surface area (Å²) in [6, 6.07) is 15.6. The van der Waals surface area contributed by atoms with Gasteiger partial charge in [0, 0.05) is 6.42 Å². The molecule has 1 N–H and O–H groups in total. The van der Waals surface area contributed by atoms with Crippen LogP contribution in [0.25, 0.3) is 10.2 Å². The molecule has 0 aliphatic rings. The van der Waals surface area contributed by atoms with Gasteiger partial charge in [0.25, 0.3) is 5.91 Å². The Morgan fingerprint density at radius 1 is 1.16 bits per heavy atom. The summed E-state index contributed by atoms with van der Waals surface area (Å²) in [5.74, 6) is -0.775. The van der Waals surface area contributed by atoms with E-state index in [-0.39, 0.29) is 24.9 Å². The molecule has 0 atom stereocenters. The number of benzene rings is 2. The molecule has 0 bridgehead atoms. The van der Waals surface area contributed by atoms with Crippen molar-refractivity contribution in [1.82, 2.24) is 4.98 Å². The third-order valence-electron chi connectivity index (χ3n) is 3.62. The lowest BCUT2D eigenvalue weighted by Crippen LogP contribution is -2.20. The number of aromatic nitrogens is 1. The van der Waals surface area contributed by atoms with Crippen molar-refractivity contribution in [3.63, 3.8) is 0 Å². The van der Waals surface area contributed by atoms with Gasteiger partial charge in [-0.25, -0.2) is 4.98 Å².